The zero-order valence-corrected chi connectivity index (χ0v) is 20.7. The van der Waals surface area contributed by atoms with Crippen LogP contribution in [0.5, 0.6) is 17.2 Å². The molecule has 0 radical (unpaired) electrons. The lowest BCUT2D eigenvalue weighted by Crippen LogP contribution is -2.44. The Morgan fingerprint density at radius 1 is 1.03 bits per heavy atom. The number of hydrogen-bond donors (Lipinski definition) is 0. The number of likely N-dealkylation sites (N-methyl/N-ethyl adjacent to an activating group) is 1. The molecule has 6 nitrogen and oxygen atoms in total. The molecular weight excluding hydrogens is 438 g/mol. The Kier molecular flexibility index (Phi) is 7.50. The number of ether oxygens (including phenoxy) is 3. The van der Waals surface area contributed by atoms with E-state index < -0.39 is 0 Å². The van der Waals surface area contributed by atoms with Crippen LogP contribution in [-0.2, 0) is 19.5 Å². The largest absolute Gasteiger partial charge is 0.493 e. The zero-order valence-electron chi connectivity index (χ0n) is 20.7. The smallest absolute Gasteiger partial charge is 0.231 e. The predicted molar refractivity (Wildman–Crippen MR) is 137 cm³/mol. The van der Waals surface area contributed by atoms with Gasteiger partial charge in [-0.1, -0.05) is 36.4 Å². The number of fused-ring (bicyclic) bond motifs is 1. The Hall–Kier alpha value is -3.09. The van der Waals surface area contributed by atoms with E-state index in [1.165, 1.54) is 29.5 Å². The van der Waals surface area contributed by atoms with Gasteiger partial charge < -0.3 is 14.2 Å². The van der Waals surface area contributed by atoms with E-state index in [2.05, 4.69) is 70.4 Å². The molecule has 2 aliphatic rings. The normalized spacial score (nSPS) is 17.0. The highest BCUT2D eigenvalue weighted by Gasteiger charge is 2.30. The maximum Gasteiger partial charge on any atom is 0.231 e. The predicted octanol–water partition coefficient (Wildman–Crippen LogP) is 4.77. The van der Waals surface area contributed by atoms with Crippen molar-refractivity contribution in [2.75, 3.05) is 34.0 Å². The second-order valence-electron chi connectivity index (χ2n) is 9.68. The van der Waals surface area contributed by atoms with E-state index in [-0.39, 0.29) is 6.79 Å². The number of benzene rings is 2. The fourth-order valence-corrected chi connectivity index (χ4v) is 5.46. The molecule has 2 aromatic carbocycles. The maximum atomic E-state index is 5.62. The SMILES string of the molecule is COc1cc(CN2CCC([C@@H](Cc3ccccc3)N(C)Cc3cccnc3)CC2)cc2c1OCO2. The Morgan fingerprint density at radius 3 is 2.57 bits per heavy atom. The van der Waals surface area contributed by atoms with Gasteiger partial charge >= 0.3 is 0 Å². The van der Waals surface area contributed by atoms with Gasteiger partial charge in [0.15, 0.2) is 11.5 Å². The van der Waals surface area contributed by atoms with E-state index in [4.69, 9.17) is 14.2 Å². The molecule has 35 heavy (non-hydrogen) atoms. The number of methoxy groups -OCH3 is 1. The molecule has 3 heterocycles. The number of nitrogens with zero attached hydrogens (tertiary/aromatic N) is 3. The van der Waals surface area contributed by atoms with Gasteiger partial charge in [0.05, 0.1) is 7.11 Å². The second-order valence-corrected chi connectivity index (χ2v) is 9.68. The Balaban J connectivity index is 1.24. The molecule has 0 aliphatic carbocycles. The summed E-state index contributed by atoms with van der Waals surface area (Å²) in [6.07, 6.45) is 7.28. The summed E-state index contributed by atoms with van der Waals surface area (Å²) in [4.78, 5) is 9.40. The van der Waals surface area contributed by atoms with Crippen molar-refractivity contribution in [1.82, 2.24) is 14.8 Å². The molecule has 5 rings (SSSR count). The van der Waals surface area contributed by atoms with Crippen molar-refractivity contribution < 1.29 is 14.2 Å². The third kappa shape index (κ3) is 5.77. The number of rotatable bonds is 9. The number of piperidine rings is 1. The first-order chi connectivity index (χ1) is 17.2. The first-order valence-electron chi connectivity index (χ1n) is 12.5. The van der Waals surface area contributed by atoms with Crippen LogP contribution in [0.2, 0.25) is 0 Å². The molecule has 1 saturated heterocycles. The highest BCUT2D eigenvalue weighted by atomic mass is 16.7. The van der Waals surface area contributed by atoms with E-state index in [1.54, 1.807) is 7.11 Å². The van der Waals surface area contributed by atoms with Crippen LogP contribution in [0.15, 0.2) is 67.0 Å². The monoisotopic (exact) mass is 473 g/mol. The molecule has 3 aromatic rings. The Labute approximate surface area is 208 Å². The van der Waals surface area contributed by atoms with Crippen molar-refractivity contribution >= 4 is 0 Å². The topological polar surface area (TPSA) is 47.1 Å². The summed E-state index contributed by atoms with van der Waals surface area (Å²) < 4.78 is 16.7. The van der Waals surface area contributed by atoms with Crippen molar-refractivity contribution in [2.24, 2.45) is 5.92 Å². The standard InChI is InChI=1S/C29H35N3O3/c1-31(19-23-9-6-12-30-18-23)26(15-22-7-4-3-5-8-22)25-10-13-32(14-11-25)20-24-16-27(33-2)29-28(17-24)34-21-35-29/h3-9,12,16-18,25-26H,10-11,13-15,19-21H2,1-2H3/t26-/m1/s1. The fourth-order valence-electron chi connectivity index (χ4n) is 5.46. The van der Waals surface area contributed by atoms with Gasteiger partial charge in [0, 0.05) is 31.5 Å². The van der Waals surface area contributed by atoms with Crippen LogP contribution >= 0.6 is 0 Å². The molecule has 0 spiro atoms. The molecule has 2 aliphatic heterocycles. The molecule has 1 aromatic heterocycles. The third-order valence-corrected chi connectivity index (χ3v) is 7.31. The van der Waals surface area contributed by atoms with Gasteiger partial charge in [0.1, 0.15) is 0 Å². The van der Waals surface area contributed by atoms with Gasteiger partial charge in [-0.2, -0.15) is 0 Å². The highest BCUT2D eigenvalue weighted by Crippen LogP contribution is 2.42. The minimum atomic E-state index is 0.260. The van der Waals surface area contributed by atoms with Gasteiger partial charge in [0.25, 0.3) is 0 Å². The lowest BCUT2D eigenvalue weighted by Gasteiger charge is -2.40. The minimum absolute atomic E-state index is 0.260. The minimum Gasteiger partial charge on any atom is -0.493 e. The van der Waals surface area contributed by atoms with Gasteiger partial charge in [-0.05, 0) is 80.2 Å². The number of aromatic nitrogens is 1. The summed E-state index contributed by atoms with van der Waals surface area (Å²) >= 11 is 0. The van der Waals surface area contributed by atoms with E-state index in [9.17, 15) is 0 Å². The molecule has 6 heteroatoms. The van der Waals surface area contributed by atoms with Crippen molar-refractivity contribution in [2.45, 2.75) is 38.4 Å². The van der Waals surface area contributed by atoms with Crippen LogP contribution in [0.1, 0.15) is 29.5 Å². The summed E-state index contributed by atoms with van der Waals surface area (Å²) in [7, 11) is 3.95. The van der Waals surface area contributed by atoms with Crippen LogP contribution in [0, 0.1) is 5.92 Å². The van der Waals surface area contributed by atoms with E-state index in [0.29, 0.717) is 12.0 Å². The van der Waals surface area contributed by atoms with Crippen LogP contribution in [0.3, 0.4) is 0 Å². The highest BCUT2D eigenvalue weighted by molar-refractivity contribution is 5.55. The van der Waals surface area contributed by atoms with E-state index >= 15 is 0 Å². The third-order valence-electron chi connectivity index (χ3n) is 7.31. The molecule has 0 saturated carbocycles. The summed E-state index contributed by atoms with van der Waals surface area (Å²) in [5, 5.41) is 0. The van der Waals surface area contributed by atoms with Crippen LogP contribution in [0.25, 0.3) is 0 Å². The molecule has 1 fully saturated rings. The average molecular weight is 474 g/mol. The molecule has 0 bridgehead atoms. The quantitative estimate of drug-likeness (QED) is 0.446. The molecule has 0 unspecified atom stereocenters. The van der Waals surface area contributed by atoms with Crippen molar-refractivity contribution in [3.8, 4) is 17.2 Å². The number of likely N-dealkylation sites (tertiary alicyclic amines) is 1. The fraction of sp³-hybridized carbons (Fsp3) is 0.414. The summed E-state index contributed by atoms with van der Waals surface area (Å²) in [5.74, 6) is 2.91. The van der Waals surface area contributed by atoms with Gasteiger partial charge in [0.2, 0.25) is 12.5 Å². The van der Waals surface area contributed by atoms with E-state index in [1.807, 2.05) is 18.5 Å². The summed E-state index contributed by atoms with van der Waals surface area (Å²) in [6.45, 7) is 4.26. The number of hydrogen-bond acceptors (Lipinski definition) is 6. The molecule has 1 atom stereocenters. The van der Waals surface area contributed by atoms with Crippen LogP contribution in [0.4, 0.5) is 0 Å². The van der Waals surface area contributed by atoms with E-state index in [0.717, 1.165) is 49.8 Å². The van der Waals surface area contributed by atoms with Crippen molar-refractivity contribution in [3.05, 3.63) is 83.7 Å². The first kappa shape index (κ1) is 23.6. The zero-order chi connectivity index (χ0) is 24.0. The number of pyridine rings is 1. The Bertz CT molecular complexity index is 1090. The van der Waals surface area contributed by atoms with Gasteiger partial charge in [-0.3, -0.25) is 14.8 Å². The van der Waals surface area contributed by atoms with Gasteiger partial charge in [-0.25, -0.2) is 0 Å². The lowest BCUT2D eigenvalue weighted by atomic mass is 9.84. The van der Waals surface area contributed by atoms with Crippen molar-refractivity contribution in [3.63, 3.8) is 0 Å². The van der Waals surface area contributed by atoms with Crippen molar-refractivity contribution in [1.29, 1.82) is 0 Å². The lowest BCUT2D eigenvalue weighted by molar-refractivity contribution is 0.0953. The Morgan fingerprint density at radius 2 is 1.83 bits per heavy atom. The molecular formula is C29H35N3O3. The average Bonchev–Trinajstić information content (AvgIpc) is 3.37. The first-order valence-corrected chi connectivity index (χ1v) is 12.5. The summed E-state index contributed by atoms with van der Waals surface area (Å²) in [5.41, 5.74) is 3.88. The molecule has 0 amide bonds. The molecule has 184 valence electrons. The van der Waals surface area contributed by atoms with Crippen LogP contribution < -0.4 is 14.2 Å². The van der Waals surface area contributed by atoms with Gasteiger partial charge in [-0.15, -0.1) is 0 Å². The maximum absolute atomic E-state index is 5.62. The molecule has 0 N–H and O–H groups in total. The van der Waals surface area contributed by atoms with Crippen LogP contribution in [-0.4, -0.2) is 54.9 Å². The second kappa shape index (κ2) is 11.1. The summed E-state index contributed by atoms with van der Waals surface area (Å²) in [6, 6.07) is 19.8.